The van der Waals surface area contributed by atoms with Gasteiger partial charge in [-0.3, -0.25) is 0 Å². The van der Waals surface area contributed by atoms with E-state index in [4.69, 9.17) is 4.43 Å². The lowest BCUT2D eigenvalue weighted by Gasteiger charge is -2.48. The second-order valence-corrected chi connectivity index (χ2v) is 11.8. The van der Waals surface area contributed by atoms with Gasteiger partial charge in [-0.25, -0.2) is 0 Å². The van der Waals surface area contributed by atoms with Crippen LogP contribution >= 0.6 is 0 Å². The van der Waals surface area contributed by atoms with Crippen molar-refractivity contribution in [3.8, 4) is 0 Å². The Bertz CT molecular complexity index is 332. The third kappa shape index (κ3) is 3.58. The standard InChI is InChI=1S/C15H28OSi/c1-13(2)9-12-15(10-8-11-15)16-17(6,7)14(3,4)5/h12H,8,10-11H2,1-7H3. The van der Waals surface area contributed by atoms with Crippen molar-refractivity contribution >= 4 is 8.32 Å². The van der Waals surface area contributed by atoms with E-state index in [1.165, 1.54) is 24.8 Å². The van der Waals surface area contributed by atoms with Crippen LogP contribution in [-0.4, -0.2) is 13.9 Å². The predicted octanol–water partition coefficient (Wildman–Crippen LogP) is 5.05. The van der Waals surface area contributed by atoms with Crippen molar-refractivity contribution in [2.75, 3.05) is 0 Å². The van der Waals surface area contributed by atoms with E-state index in [9.17, 15) is 0 Å². The highest BCUT2D eigenvalue weighted by atomic mass is 28.4. The van der Waals surface area contributed by atoms with Crippen molar-refractivity contribution in [3.05, 3.63) is 17.4 Å². The van der Waals surface area contributed by atoms with E-state index in [2.05, 4.69) is 59.5 Å². The Labute approximate surface area is 108 Å². The van der Waals surface area contributed by atoms with E-state index in [1.807, 2.05) is 0 Å². The van der Waals surface area contributed by atoms with E-state index in [-0.39, 0.29) is 10.6 Å². The van der Waals surface area contributed by atoms with Gasteiger partial charge in [0, 0.05) is 0 Å². The molecule has 2 heteroatoms. The molecule has 0 aliphatic heterocycles. The van der Waals surface area contributed by atoms with Crippen LogP contribution in [0.5, 0.6) is 0 Å². The van der Waals surface area contributed by atoms with E-state index in [0.717, 1.165) is 0 Å². The lowest BCUT2D eigenvalue weighted by Crippen LogP contribution is -2.51. The molecule has 0 amide bonds. The zero-order chi connectivity index (χ0) is 13.3. The third-order valence-electron chi connectivity index (χ3n) is 4.09. The molecular weight excluding hydrogens is 224 g/mol. The van der Waals surface area contributed by atoms with Crippen molar-refractivity contribution in [2.45, 2.75) is 77.6 Å². The van der Waals surface area contributed by atoms with Crippen molar-refractivity contribution in [2.24, 2.45) is 0 Å². The molecule has 1 nitrogen and oxygen atoms in total. The zero-order valence-corrected chi connectivity index (χ0v) is 13.6. The summed E-state index contributed by atoms with van der Waals surface area (Å²) in [6.45, 7) is 15.8. The fraction of sp³-hybridized carbons (Fsp3) is 0.800. The Morgan fingerprint density at radius 1 is 1.24 bits per heavy atom. The van der Waals surface area contributed by atoms with Gasteiger partial charge in [0.2, 0.25) is 0 Å². The van der Waals surface area contributed by atoms with E-state index >= 15 is 0 Å². The molecule has 1 aliphatic rings. The van der Waals surface area contributed by atoms with Crippen molar-refractivity contribution < 1.29 is 4.43 Å². The predicted molar refractivity (Wildman–Crippen MR) is 77.8 cm³/mol. The minimum absolute atomic E-state index is 0.000270. The molecule has 1 saturated carbocycles. The molecule has 0 heterocycles. The van der Waals surface area contributed by atoms with Gasteiger partial charge in [-0.05, 0) is 62.9 Å². The third-order valence-corrected chi connectivity index (χ3v) is 8.62. The normalized spacial score (nSPS) is 19.2. The first-order chi connectivity index (χ1) is 7.58. The van der Waals surface area contributed by atoms with Crippen LogP contribution in [0.4, 0.5) is 0 Å². The van der Waals surface area contributed by atoms with Gasteiger partial charge in [0.25, 0.3) is 0 Å². The van der Waals surface area contributed by atoms with E-state index in [1.54, 1.807) is 0 Å². The second-order valence-electron chi connectivity index (χ2n) is 7.07. The summed E-state index contributed by atoms with van der Waals surface area (Å²) in [5.74, 6) is 0. The maximum Gasteiger partial charge on any atom is 0.193 e. The summed E-state index contributed by atoms with van der Waals surface area (Å²) in [5.41, 5.74) is 4.58. The smallest absolute Gasteiger partial charge is 0.193 e. The molecule has 1 rings (SSSR count). The van der Waals surface area contributed by atoms with Gasteiger partial charge in [-0.1, -0.05) is 20.8 Å². The molecule has 17 heavy (non-hydrogen) atoms. The first-order valence-electron chi connectivity index (χ1n) is 6.69. The van der Waals surface area contributed by atoms with Crippen LogP contribution in [0.2, 0.25) is 18.1 Å². The minimum Gasteiger partial charge on any atom is -0.407 e. The zero-order valence-electron chi connectivity index (χ0n) is 12.6. The first-order valence-corrected chi connectivity index (χ1v) is 9.60. The lowest BCUT2D eigenvalue weighted by molar-refractivity contribution is 0.0264. The van der Waals surface area contributed by atoms with Crippen molar-refractivity contribution in [1.29, 1.82) is 0 Å². The summed E-state index contributed by atoms with van der Waals surface area (Å²) >= 11 is 0. The number of hydrogen-bond donors (Lipinski definition) is 0. The van der Waals surface area contributed by atoms with Gasteiger partial charge in [-0.15, -0.1) is 5.73 Å². The summed E-state index contributed by atoms with van der Waals surface area (Å²) in [5, 5.41) is 0.286. The molecule has 1 aliphatic carbocycles. The highest BCUT2D eigenvalue weighted by molar-refractivity contribution is 6.74. The summed E-state index contributed by atoms with van der Waals surface area (Å²) in [4.78, 5) is 0. The molecule has 0 radical (unpaired) electrons. The fourth-order valence-electron chi connectivity index (χ4n) is 1.74. The highest BCUT2D eigenvalue weighted by Gasteiger charge is 2.46. The minimum atomic E-state index is -1.66. The monoisotopic (exact) mass is 252 g/mol. The molecule has 0 spiro atoms. The van der Waals surface area contributed by atoms with Gasteiger partial charge >= 0.3 is 0 Å². The summed E-state index contributed by atoms with van der Waals surface area (Å²) < 4.78 is 6.58. The first kappa shape index (κ1) is 14.8. The average Bonchev–Trinajstić information content (AvgIpc) is 2.07. The van der Waals surface area contributed by atoms with E-state index in [0.29, 0.717) is 0 Å². The highest BCUT2D eigenvalue weighted by Crippen LogP contribution is 2.45. The largest absolute Gasteiger partial charge is 0.407 e. The Morgan fingerprint density at radius 2 is 1.76 bits per heavy atom. The molecule has 0 unspecified atom stereocenters. The maximum absolute atomic E-state index is 6.58. The molecule has 0 aromatic rings. The van der Waals surface area contributed by atoms with Crippen molar-refractivity contribution in [1.82, 2.24) is 0 Å². The van der Waals surface area contributed by atoms with Gasteiger partial charge < -0.3 is 4.43 Å². The van der Waals surface area contributed by atoms with Gasteiger partial charge in [0.05, 0.1) is 5.60 Å². The van der Waals surface area contributed by atoms with Crippen LogP contribution in [0.3, 0.4) is 0 Å². The number of rotatable bonds is 3. The molecular formula is C15H28OSi. The van der Waals surface area contributed by atoms with Crippen LogP contribution in [0, 0.1) is 0 Å². The summed E-state index contributed by atoms with van der Waals surface area (Å²) in [7, 11) is -1.66. The number of hydrogen-bond acceptors (Lipinski definition) is 1. The summed E-state index contributed by atoms with van der Waals surface area (Å²) in [6.07, 6.45) is 5.81. The molecule has 0 aromatic heterocycles. The second kappa shape index (κ2) is 4.76. The van der Waals surface area contributed by atoms with Crippen LogP contribution in [0.1, 0.15) is 53.9 Å². The van der Waals surface area contributed by atoms with Gasteiger partial charge in [0.1, 0.15) is 0 Å². The Morgan fingerprint density at radius 3 is 2.06 bits per heavy atom. The molecule has 1 fully saturated rings. The van der Waals surface area contributed by atoms with Gasteiger partial charge in [0.15, 0.2) is 8.32 Å². The molecule has 0 saturated heterocycles. The van der Waals surface area contributed by atoms with Gasteiger partial charge in [-0.2, -0.15) is 0 Å². The van der Waals surface area contributed by atoms with Crippen LogP contribution in [0.25, 0.3) is 0 Å². The van der Waals surface area contributed by atoms with Crippen LogP contribution in [-0.2, 0) is 4.43 Å². The molecule has 0 bridgehead atoms. The molecule has 0 atom stereocenters. The van der Waals surface area contributed by atoms with Crippen LogP contribution < -0.4 is 0 Å². The average molecular weight is 252 g/mol. The van der Waals surface area contributed by atoms with Crippen molar-refractivity contribution in [3.63, 3.8) is 0 Å². The fourth-order valence-corrected chi connectivity index (χ4v) is 3.32. The van der Waals surface area contributed by atoms with Crippen LogP contribution in [0.15, 0.2) is 17.4 Å². The quantitative estimate of drug-likeness (QED) is 0.504. The van der Waals surface area contributed by atoms with E-state index < -0.39 is 8.32 Å². The molecule has 0 aromatic carbocycles. The Balaban J connectivity index is 2.88. The Hall–Kier alpha value is -0.303. The Kier molecular flexibility index (Phi) is 4.13. The lowest BCUT2D eigenvalue weighted by atomic mass is 9.80. The SMILES string of the molecule is CC(C)=C=CC1(O[Si](C)(C)C(C)(C)C)CCC1. The maximum atomic E-state index is 6.58. The molecule has 98 valence electrons. The summed E-state index contributed by atoms with van der Waals surface area (Å²) in [6, 6.07) is 0. The molecule has 0 N–H and O–H groups in total. The topological polar surface area (TPSA) is 9.23 Å².